The Hall–Kier alpha value is -3.16. The maximum absolute atomic E-state index is 13.2. The third-order valence-corrected chi connectivity index (χ3v) is 4.05. The Balaban J connectivity index is 1.78. The molecule has 0 bridgehead atoms. The highest BCUT2D eigenvalue weighted by atomic mass is 19.4. The molecule has 0 aliphatic carbocycles. The molecule has 2 heterocycles. The molecule has 27 heavy (non-hydrogen) atoms. The van der Waals surface area contributed by atoms with E-state index in [1.807, 2.05) is 0 Å². The molecule has 1 aromatic carbocycles. The van der Waals surface area contributed by atoms with Gasteiger partial charge in [0.2, 0.25) is 0 Å². The van der Waals surface area contributed by atoms with Crippen molar-refractivity contribution in [2.45, 2.75) is 26.6 Å². The van der Waals surface area contributed by atoms with Crippen molar-refractivity contribution in [1.82, 2.24) is 14.8 Å². The summed E-state index contributed by atoms with van der Waals surface area (Å²) in [5, 5.41) is 6.79. The number of pyridine rings is 1. The molecule has 8 heteroatoms. The Morgan fingerprint density at radius 2 is 1.96 bits per heavy atom. The minimum atomic E-state index is -4.44. The van der Waals surface area contributed by atoms with E-state index in [9.17, 15) is 18.0 Å². The maximum Gasteiger partial charge on any atom is 0.416 e. The first-order chi connectivity index (χ1) is 12.7. The van der Waals surface area contributed by atoms with Gasteiger partial charge >= 0.3 is 6.18 Å². The molecule has 0 saturated heterocycles. The monoisotopic (exact) mass is 374 g/mol. The van der Waals surface area contributed by atoms with E-state index >= 15 is 0 Å². The number of amides is 1. The van der Waals surface area contributed by atoms with E-state index in [1.165, 1.54) is 29.2 Å². The maximum atomic E-state index is 13.2. The van der Waals surface area contributed by atoms with Gasteiger partial charge in [0.1, 0.15) is 0 Å². The quantitative estimate of drug-likeness (QED) is 0.744. The van der Waals surface area contributed by atoms with Crippen LogP contribution >= 0.6 is 0 Å². The Bertz CT molecular complexity index is 979. The molecule has 0 saturated carbocycles. The van der Waals surface area contributed by atoms with Crippen molar-refractivity contribution >= 4 is 11.7 Å². The number of rotatable bonds is 4. The fourth-order valence-corrected chi connectivity index (χ4v) is 2.69. The van der Waals surface area contributed by atoms with Crippen LogP contribution in [-0.4, -0.2) is 20.7 Å². The van der Waals surface area contributed by atoms with Crippen molar-refractivity contribution in [3.63, 3.8) is 0 Å². The van der Waals surface area contributed by atoms with Crippen molar-refractivity contribution in [2.75, 3.05) is 5.32 Å². The topological polar surface area (TPSA) is 59.8 Å². The lowest BCUT2D eigenvalue weighted by Crippen LogP contribution is -2.15. The van der Waals surface area contributed by atoms with E-state index in [0.29, 0.717) is 16.7 Å². The second kappa shape index (κ2) is 7.22. The van der Waals surface area contributed by atoms with Crippen molar-refractivity contribution in [3.05, 3.63) is 76.7 Å². The smallest absolute Gasteiger partial charge is 0.305 e. The highest BCUT2D eigenvalue weighted by Gasteiger charge is 2.33. The first kappa shape index (κ1) is 18.6. The summed E-state index contributed by atoms with van der Waals surface area (Å²) in [6.45, 7) is 3.32. The van der Waals surface area contributed by atoms with Crippen LogP contribution in [0.3, 0.4) is 0 Å². The van der Waals surface area contributed by atoms with E-state index in [0.717, 1.165) is 6.07 Å². The van der Waals surface area contributed by atoms with E-state index in [2.05, 4.69) is 15.4 Å². The van der Waals surface area contributed by atoms with Gasteiger partial charge in [0, 0.05) is 30.2 Å². The van der Waals surface area contributed by atoms with Crippen LogP contribution in [0.1, 0.15) is 32.6 Å². The summed E-state index contributed by atoms with van der Waals surface area (Å²) in [6.07, 6.45) is 0.166. The molecule has 5 nitrogen and oxygen atoms in total. The minimum Gasteiger partial charge on any atom is -0.305 e. The SMILES string of the molecule is Cc1ccc(Cn2ccc(NC(=O)c3ccncc3C)n2)c(C(F)(F)F)c1. The van der Waals surface area contributed by atoms with Gasteiger partial charge in [-0.25, -0.2) is 0 Å². The van der Waals surface area contributed by atoms with Crippen LogP contribution < -0.4 is 5.32 Å². The average Bonchev–Trinajstić information content (AvgIpc) is 3.03. The van der Waals surface area contributed by atoms with Crippen LogP contribution in [0.2, 0.25) is 0 Å². The molecule has 1 amide bonds. The van der Waals surface area contributed by atoms with Gasteiger partial charge < -0.3 is 5.32 Å². The number of carbonyl (C=O) groups is 1. The number of anilines is 1. The number of benzene rings is 1. The molecular weight excluding hydrogens is 357 g/mol. The number of aryl methyl sites for hydroxylation is 2. The minimum absolute atomic E-state index is 0.0563. The fraction of sp³-hybridized carbons (Fsp3) is 0.211. The molecule has 0 aliphatic rings. The Morgan fingerprint density at radius 1 is 1.19 bits per heavy atom. The highest BCUT2D eigenvalue weighted by molar-refractivity contribution is 6.04. The van der Waals surface area contributed by atoms with Crippen LogP contribution in [0.25, 0.3) is 0 Å². The number of alkyl halides is 3. The molecule has 0 aliphatic heterocycles. The third-order valence-electron chi connectivity index (χ3n) is 4.05. The van der Waals surface area contributed by atoms with Crippen LogP contribution in [-0.2, 0) is 12.7 Å². The van der Waals surface area contributed by atoms with E-state index in [1.54, 1.807) is 32.2 Å². The first-order valence-corrected chi connectivity index (χ1v) is 8.16. The van der Waals surface area contributed by atoms with Crippen molar-refractivity contribution in [3.8, 4) is 0 Å². The summed E-state index contributed by atoms with van der Waals surface area (Å²) < 4.78 is 41.1. The van der Waals surface area contributed by atoms with Crippen LogP contribution in [0.4, 0.5) is 19.0 Å². The second-order valence-corrected chi connectivity index (χ2v) is 6.20. The molecule has 0 atom stereocenters. The Kier molecular flexibility index (Phi) is 4.98. The molecular formula is C19H17F3N4O. The summed E-state index contributed by atoms with van der Waals surface area (Å²) in [5.74, 6) is -0.0941. The van der Waals surface area contributed by atoms with Crippen molar-refractivity contribution in [1.29, 1.82) is 0 Å². The Labute approximate surface area is 153 Å². The largest absolute Gasteiger partial charge is 0.416 e. The zero-order chi connectivity index (χ0) is 19.6. The van der Waals surface area contributed by atoms with Gasteiger partial charge in [0.25, 0.3) is 5.91 Å². The summed E-state index contributed by atoms with van der Waals surface area (Å²) >= 11 is 0. The van der Waals surface area contributed by atoms with Gasteiger partial charge in [-0.3, -0.25) is 14.5 Å². The molecule has 3 rings (SSSR count). The highest BCUT2D eigenvalue weighted by Crippen LogP contribution is 2.33. The fourth-order valence-electron chi connectivity index (χ4n) is 2.69. The standard InChI is InChI=1S/C19H17F3N4O/c1-12-3-4-14(16(9-12)19(20,21)22)11-26-8-6-17(25-26)24-18(27)15-5-7-23-10-13(15)2/h3-10H,11H2,1-2H3,(H,24,25,27). The lowest BCUT2D eigenvalue weighted by atomic mass is 10.0. The molecule has 0 spiro atoms. The molecule has 0 fully saturated rings. The van der Waals surface area contributed by atoms with Gasteiger partial charge in [-0.15, -0.1) is 0 Å². The van der Waals surface area contributed by atoms with Gasteiger partial charge in [-0.2, -0.15) is 18.3 Å². The van der Waals surface area contributed by atoms with Crippen LogP contribution in [0.5, 0.6) is 0 Å². The zero-order valence-electron chi connectivity index (χ0n) is 14.7. The predicted octanol–water partition coefficient (Wildman–Crippen LogP) is 4.21. The van der Waals surface area contributed by atoms with Crippen LogP contribution in [0, 0.1) is 13.8 Å². The number of hydrogen-bond acceptors (Lipinski definition) is 3. The lowest BCUT2D eigenvalue weighted by Gasteiger charge is -2.13. The summed E-state index contributed by atoms with van der Waals surface area (Å²) in [7, 11) is 0. The summed E-state index contributed by atoms with van der Waals surface area (Å²) in [4.78, 5) is 16.2. The van der Waals surface area contributed by atoms with Gasteiger partial charge in [0.05, 0.1) is 12.1 Å². The average molecular weight is 374 g/mol. The lowest BCUT2D eigenvalue weighted by molar-refractivity contribution is -0.138. The van der Waals surface area contributed by atoms with Crippen LogP contribution in [0.15, 0.2) is 48.9 Å². The molecule has 2 aromatic heterocycles. The summed E-state index contributed by atoms with van der Waals surface area (Å²) in [6, 6.07) is 7.31. The van der Waals surface area contributed by atoms with Crippen molar-refractivity contribution < 1.29 is 18.0 Å². The number of hydrogen-bond donors (Lipinski definition) is 1. The molecule has 1 N–H and O–H groups in total. The first-order valence-electron chi connectivity index (χ1n) is 8.16. The number of carbonyl (C=O) groups excluding carboxylic acids is 1. The van der Waals surface area contributed by atoms with E-state index in [4.69, 9.17) is 0 Å². The normalized spacial score (nSPS) is 11.4. The van der Waals surface area contributed by atoms with E-state index in [-0.39, 0.29) is 23.8 Å². The van der Waals surface area contributed by atoms with Gasteiger partial charge in [-0.05, 0) is 37.1 Å². The molecule has 3 aromatic rings. The van der Waals surface area contributed by atoms with Gasteiger partial charge in [0.15, 0.2) is 5.82 Å². The number of aromatic nitrogens is 3. The third kappa shape index (κ3) is 4.33. The van der Waals surface area contributed by atoms with Gasteiger partial charge in [-0.1, -0.05) is 17.7 Å². The number of halogens is 3. The van der Waals surface area contributed by atoms with Crippen molar-refractivity contribution in [2.24, 2.45) is 0 Å². The molecule has 140 valence electrons. The number of nitrogens with one attached hydrogen (secondary N) is 1. The zero-order valence-corrected chi connectivity index (χ0v) is 14.7. The number of nitrogens with zero attached hydrogens (tertiary/aromatic N) is 3. The Morgan fingerprint density at radius 3 is 2.67 bits per heavy atom. The molecule has 0 radical (unpaired) electrons. The predicted molar refractivity (Wildman–Crippen MR) is 94.4 cm³/mol. The summed E-state index contributed by atoms with van der Waals surface area (Å²) in [5.41, 5.74) is 1.13. The van der Waals surface area contributed by atoms with E-state index < -0.39 is 11.7 Å². The molecule has 0 unspecified atom stereocenters. The second-order valence-electron chi connectivity index (χ2n) is 6.20.